The standard InChI is InChI=1S/C25H27ClN2.Na/c1-20-6-5-7-21(18-20)19-27-14-16-28(17-15-27)25(22-8-3-2-4-9-22)23-10-12-24(26)13-11-23;/h2-13,18,25H,14-17,19H2,1H3;/q;+1. The molecule has 0 bridgehead atoms. The fourth-order valence-electron chi connectivity index (χ4n) is 4.14. The number of hydrogen-bond donors (Lipinski definition) is 0. The number of hydrogen-bond acceptors (Lipinski definition) is 2. The van der Waals surface area contributed by atoms with Crippen LogP contribution in [0, 0.1) is 6.92 Å². The maximum Gasteiger partial charge on any atom is 1.00 e. The fraction of sp³-hybridized carbons (Fsp3) is 0.280. The van der Waals surface area contributed by atoms with E-state index in [1.54, 1.807) is 0 Å². The van der Waals surface area contributed by atoms with Crippen LogP contribution in [0.3, 0.4) is 0 Å². The largest absolute Gasteiger partial charge is 1.00 e. The first-order valence-corrected chi connectivity index (χ1v) is 10.4. The smallest absolute Gasteiger partial charge is 0.297 e. The number of rotatable bonds is 5. The van der Waals surface area contributed by atoms with E-state index in [2.05, 4.69) is 83.5 Å². The summed E-state index contributed by atoms with van der Waals surface area (Å²) in [6.07, 6.45) is 0. The molecule has 4 rings (SSSR count). The van der Waals surface area contributed by atoms with Crippen LogP contribution in [0.25, 0.3) is 0 Å². The van der Waals surface area contributed by atoms with Crippen LogP contribution in [-0.4, -0.2) is 36.0 Å². The summed E-state index contributed by atoms with van der Waals surface area (Å²) in [5.74, 6) is 0. The summed E-state index contributed by atoms with van der Waals surface area (Å²) in [4.78, 5) is 5.17. The summed E-state index contributed by atoms with van der Waals surface area (Å²) in [6, 6.07) is 28.3. The predicted octanol–water partition coefficient (Wildman–Crippen LogP) is 2.56. The maximum absolute atomic E-state index is 6.14. The van der Waals surface area contributed by atoms with Crippen molar-refractivity contribution in [1.82, 2.24) is 9.80 Å². The molecule has 0 aromatic heterocycles. The molecular weight excluding hydrogens is 387 g/mol. The van der Waals surface area contributed by atoms with Gasteiger partial charge >= 0.3 is 29.6 Å². The number of piperazine rings is 1. The molecule has 2 nitrogen and oxygen atoms in total. The van der Waals surface area contributed by atoms with Crippen molar-refractivity contribution in [3.63, 3.8) is 0 Å². The van der Waals surface area contributed by atoms with Crippen LogP contribution < -0.4 is 29.6 Å². The Labute approximate surface area is 201 Å². The van der Waals surface area contributed by atoms with E-state index in [0.29, 0.717) is 0 Å². The van der Waals surface area contributed by atoms with Gasteiger partial charge in [0.25, 0.3) is 0 Å². The average Bonchev–Trinajstić information content (AvgIpc) is 2.72. The zero-order valence-corrected chi connectivity index (χ0v) is 20.1. The van der Waals surface area contributed by atoms with E-state index in [-0.39, 0.29) is 35.6 Å². The molecule has 29 heavy (non-hydrogen) atoms. The monoisotopic (exact) mass is 413 g/mol. The van der Waals surface area contributed by atoms with Crippen molar-refractivity contribution in [2.24, 2.45) is 0 Å². The van der Waals surface area contributed by atoms with Gasteiger partial charge in [-0.2, -0.15) is 0 Å². The second-order valence-corrected chi connectivity index (χ2v) is 8.10. The first-order chi connectivity index (χ1) is 13.7. The normalized spacial score (nSPS) is 16.2. The van der Waals surface area contributed by atoms with Gasteiger partial charge in [0, 0.05) is 37.7 Å². The van der Waals surface area contributed by atoms with E-state index in [4.69, 9.17) is 11.6 Å². The van der Waals surface area contributed by atoms with E-state index in [0.717, 1.165) is 37.7 Å². The van der Waals surface area contributed by atoms with Gasteiger partial charge < -0.3 is 0 Å². The molecule has 3 aromatic rings. The third-order valence-corrected chi connectivity index (χ3v) is 5.81. The van der Waals surface area contributed by atoms with E-state index < -0.39 is 0 Å². The molecule has 0 spiro atoms. The first kappa shape index (κ1) is 22.6. The molecule has 1 fully saturated rings. The van der Waals surface area contributed by atoms with Gasteiger partial charge in [0.2, 0.25) is 0 Å². The quantitative estimate of drug-likeness (QED) is 0.593. The summed E-state index contributed by atoms with van der Waals surface area (Å²) >= 11 is 6.14. The molecule has 144 valence electrons. The van der Waals surface area contributed by atoms with Gasteiger partial charge in [0.1, 0.15) is 0 Å². The molecule has 3 aromatic carbocycles. The molecule has 0 radical (unpaired) electrons. The molecule has 1 aliphatic heterocycles. The SMILES string of the molecule is Cc1cccc(CN2CCN(C(c3ccccc3)c3ccc(Cl)cc3)CC2)c1.[Na+]. The molecule has 0 N–H and O–H groups in total. The third kappa shape index (κ3) is 5.95. The first-order valence-electron chi connectivity index (χ1n) is 10.0. The average molecular weight is 414 g/mol. The Kier molecular flexibility index (Phi) is 8.37. The minimum atomic E-state index is 0. The van der Waals surface area contributed by atoms with Crippen molar-refractivity contribution >= 4 is 11.6 Å². The predicted molar refractivity (Wildman–Crippen MR) is 118 cm³/mol. The number of aryl methyl sites for hydroxylation is 1. The zero-order chi connectivity index (χ0) is 19.3. The Morgan fingerprint density at radius 2 is 1.45 bits per heavy atom. The van der Waals surface area contributed by atoms with Gasteiger partial charge in [0.15, 0.2) is 0 Å². The van der Waals surface area contributed by atoms with E-state index >= 15 is 0 Å². The molecule has 1 unspecified atom stereocenters. The molecule has 4 heteroatoms. The molecule has 1 atom stereocenters. The third-order valence-electron chi connectivity index (χ3n) is 5.56. The molecule has 1 aliphatic rings. The molecule has 1 heterocycles. The minimum absolute atomic E-state index is 0. The van der Waals surface area contributed by atoms with Crippen LogP contribution in [0.4, 0.5) is 0 Å². The Balaban J connectivity index is 0.00000240. The second-order valence-electron chi connectivity index (χ2n) is 7.67. The van der Waals surface area contributed by atoms with Gasteiger partial charge in [0.05, 0.1) is 6.04 Å². The van der Waals surface area contributed by atoms with E-state index in [9.17, 15) is 0 Å². The maximum atomic E-state index is 6.14. The number of benzene rings is 3. The summed E-state index contributed by atoms with van der Waals surface area (Å²) < 4.78 is 0. The van der Waals surface area contributed by atoms with Crippen LogP contribution in [-0.2, 0) is 6.54 Å². The van der Waals surface area contributed by atoms with Crippen LogP contribution in [0.2, 0.25) is 5.02 Å². The Bertz CT molecular complexity index is 890. The van der Waals surface area contributed by atoms with E-state index in [1.807, 2.05) is 12.1 Å². The van der Waals surface area contributed by atoms with Crippen molar-refractivity contribution in [1.29, 1.82) is 0 Å². The Morgan fingerprint density at radius 3 is 2.10 bits per heavy atom. The van der Waals surface area contributed by atoms with Crippen molar-refractivity contribution in [3.8, 4) is 0 Å². The van der Waals surface area contributed by atoms with Crippen LogP contribution >= 0.6 is 11.6 Å². The van der Waals surface area contributed by atoms with Gasteiger partial charge in [-0.3, -0.25) is 9.80 Å². The number of halogens is 1. The summed E-state index contributed by atoms with van der Waals surface area (Å²) in [5.41, 5.74) is 5.40. The molecular formula is C25H27ClN2Na+. The van der Waals surface area contributed by atoms with Crippen LogP contribution in [0.1, 0.15) is 28.3 Å². The van der Waals surface area contributed by atoms with Crippen LogP contribution in [0.15, 0.2) is 78.9 Å². The van der Waals surface area contributed by atoms with Gasteiger partial charge in [-0.05, 0) is 35.7 Å². The summed E-state index contributed by atoms with van der Waals surface area (Å²) in [6.45, 7) is 7.50. The fourth-order valence-corrected chi connectivity index (χ4v) is 4.27. The Morgan fingerprint density at radius 1 is 0.793 bits per heavy atom. The topological polar surface area (TPSA) is 6.48 Å². The molecule has 0 saturated carbocycles. The van der Waals surface area contributed by atoms with E-state index in [1.165, 1.54) is 22.3 Å². The van der Waals surface area contributed by atoms with Crippen LogP contribution in [0.5, 0.6) is 0 Å². The second kappa shape index (κ2) is 10.8. The summed E-state index contributed by atoms with van der Waals surface area (Å²) in [5, 5.41) is 0.790. The molecule has 1 saturated heterocycles. The summed E-state index contributed by atoms with van der Waals surface area (Å²) in [7, 11) is 0. The van der Waals surface area contributed by atoms with Gasteiger partial charge in [-0.25, -0.2) is 0 Å². The van der Waals surface area contributed by atoms with Crippen molar-refractivity contribution in [3.05, 3.63) is 106 Å². The number of nitrogens with zero attached hydrogens (tertiary/aromatic N) is 2. The minimum Gasteiger partial charge on any atom is -0.297 e. The van der Waals surface area contributed by atoms with Crippen molar-refractivity contribution < 1.29 is 29.6 Å². The zero-order valence-electron chi connectivity index (χ0n) is 17.4. The van der Waals surface area contributed by atoms with Crippen molar-refractivity contribution in [2.45, 2.75) is 19.5 Å². The molecule has 0 amide bonds. The van der Waals surface area contributed by atoms with Gasteiger partial charge in [-0.1, -0.05) is 83.9 Å². The Hall–Kier alpha value is -1.13. The molecule has 0 aliphatic carbocycles. The van der Waals surface area contributed by atoms with Gasteiger partial charge in [-0.15, -0.1) is 0 Å². The van der Waals surface area contributed by atoms with Crippen molar-refractivity contribution in [2.75, 3.05) is 26.2 Å².